The molecule has 0 fully saturated rings. The second kappa shape index (κ2) is 7.99. The molecular weight excluding hydrogens is 466 g/mol. The molecule has 0 saturated heterocycles. The Labute approximate surface area is 206 Å². The van der Waals surface area contributed by atoms with Gasteiger partial charge in [-0.15, -0.1) is 0 Å². The molecule has 4 heterocycles. The highest BCUT2D eigenvalue weighted by atomic mass is 35.5. The summed E-state index contributed by atoms with van der Waals surface area (Å²) in [6.07, 6.45) is 5.64. The molecular formula is C25H21ClN7O2+. The zero-order valence-electron chi connectivity index (χ0n) is 19.2. The molecule has 1 amide bonds. The van der Waals surface area contributed by atoms with Gasteiger partial charge in [-0.25, -0.2) is 4.98 Å². The number of allylic oxidation sites excluding steroid dienone is 1. The van der Waals surface area contributed by atoms with Crippen LogP contribution >= 0.6 is 11.6 Å². The van der Waals surface area contributed by atoms with Crippen molar-refractivity contribution in [3.05, 3.63) is 87.9 Å². The number of methoxy groups -OCH3 is 1. The molecule has 10 heteroatoms. The highest BCUT2D eigenvalue weighted by Crippen LogP contribution is 2.45. The number of amides is 1. The summed E-state index contributed by atoms with van der Waals surface area (Å²) >= 11 is 6.17. The summed E-state index contributed by atoms with van der Waals surface area (Å²) in [6, 6.07) is 10.6. The van der Waals surface area contributed by atoms with Gasteiger partial charge >= 0.3 is 0 Å². The van der Waals surface area contributed by atoms with E-state index in [9.17, 15) is 4.79 Å². The van der Waals surface area contributed by atoms with Gasteiger partial charge < -0.3 is 4.74 Å². The molecule has 0 bridgehead atoms. The first-order chi connectivity index (χ1) is 17.0. The number of H-pyrrole nitrogens is 1. The van der Waals surface area contributed by atoms with Crippen molar-refractivity contribution in [2.24, 2.45) is 10.3 Å². The average Bonchev–Trinajstić information content (AvgIpc) is 3.54. The number of rotatable bonds is 4. The van der Waals surface area contributed by atoms with Crippen LogP contribution < -0.4 is 4.74 Å². The molecule has 3 aliphatic rings. The first-order valence-electron chi connectivity index (χ1n) is 11.1. The van der Waals surface area contributed by atoms with Gasteiger partial charge in [0.1, 0.15) is 17.0 Å². The van der Waals surface area contributed by atoms with Crippen LogP contribution in [0.4, 0.5) is 0 Å². The monoisotopic (exact) mass is 486 g/mol. The number of carbonyl (C=O) groups is 1. The summed E-state index contributed by atoms with van der Waals surface area (Å²) in [7, 11) is 3.42. The normalized spacial score (nSPS) is 20.7. The van der Waals surface area contributed by atoms with Crippen molar-refractivity contribution < 1.29 is 14.2 Å². The molecule has 174 valence electrons. The van der Waals surface area contributed by atoms with Crippen molar-refractivity contribution in [1.82, 2.24) is 20.1 Å². The Morgan fingerprint density at radius 3 is 2.77 bits per heavy atom. The predicted molar refractivity (Wildman–Crippen MR) is 130 cm³/mol. The van der Waals surface area contributed by atoms with Gasteiger partial charge in [0.15, 0.2) is 0 Å². The summed E-state index contributed by atoms with van der Waals surface area (Å²) in [5.41, 5.74) is 5.87. The van der Waals surface area contributed by atoms with E-state index in [2.05, 4.69) is 25.5 Å². The Morgan fingerprint density at radius 2 is 2.00 bits per heavy atom. The number of aromatic nitrogens is 3. The number of likely N-dealkylation sites (N-methyl/N-ethyl adjacent to an activating group) is 1. The van der Waals surface area contributed by atoms with Gasteiger partial charge in [-0.1, -0.05) is 23.7 Å². The maximum atomic E-state index is 14.1. The van der Waals surface area contributed by atoms with Gasteiger partial charge in [0.25, 0.3) is 5.91 Å². The van der Waals surface area contributed by atoms with E-state index in [1.54, 1.807) is 29.0 Å². The molecule has 3 aromatic rings. The number of fused-ring (bicyclic) bond motifs is 2. The van der Waals surface area contributed by atoms with Crippen LogP contribution in [-0.2, 0) is 0 Å². The van der Waals surface area contributed by atoms with Crippen LogP contribution in [0.1, 0.15) is 34.6 Å². The van der Waals surface area contributed by atoms with Crippen LogP contribution in [0.2, 0.25) is 5.02 Å². The standard InChI is InChI=1S/C25H20ClN7O2/c1-13-11-16(12-18-20(13)30-31-32(18)2)33-23(14-6-8-15(26)9-7-14)22-19(25(33)34)21(28-29-22)17-5-4-10-27-24(17)35-3/h4-12,18,23H,1-3H3/p+1. The number of pyridine rings is 1. The van der Waals surface area contributed by atoms with Crippen LogP contribution in [0.5, 0.6) is 5.88 Å². The van der Waals surface area contributed by atoms with E-state index in [-0.39, 0.29) is 11.9 Å². The molecule has 2 aliphatic heterocycles. The number of nitrogens with zero attached hydrogens (tertiary/aromatic N) is 6. The van der Waals surface area contributed by atoms with Crippen LogP contribution in [0.25, 0.3) is 11.3 Å². The zero-order chi connectivity index (χ0) is 24.3. The minimum absolute atomic E-state index is 0.136. The fraction of sp³-hybridized carbons (Fsp3) is 0.200. The Hall–Kier alpha value is -4.11. The van der Waals surface area contributed by atoms with E-state index in [1.165, 1.54) is 0 Å². The molecule has 0 spiro atoms. The first-order valence-corrected chi connectivity index (χ1v) is 11.4. The van der Waals surface area contributed by atoms with E-state index in [1.807, 2.05) is 56.5 Å². The lowest BCUT2D eigenvalue weighted by Gasteiger charge is -2.29. The fourth-order valence-corrected chi connectivity index (χ4v) is 4.98. The molecule has 2 unspecified atom stereocenters. The molecule has 1 aliphatic carbocycles. The topological polar surface area (TPSA) is 98.8 Å². The highest BCUT2D eigenvalue weighted by molar-refractivity contribution is 6.30. The third-order valence-electron chi connectivity index (χ3n) is 6.52. The number of hydrogen-bond donors (Lipinski definition) is 1. The summed E-state index contributed by atoms with van der Waals surface area (Å²) < 4.78 is 7.24. The highest BCUT2D eigenvalue weighted by Gasteiger charge is 2.46. The van der Waals surface area contributed by atoms with E-state index in [0.717, 1.165) is 22.5 Å². The van der Waals surface area contributed by atoms with E-state index < -0.39 is 6.04 Å². The smallest absolute Gasteiger partial charge is 0.263 e. The molecule has 2 aromatic heterocycles. The van der Waals surface area contributed by atoms with Gasteiger partial charge in [0, 0.05) is 22.5 Å². The van der Waals surface area contributed by atoms with Crippen molar-refractivity contribution in [2.45, 2.75) is 19.0 Å². The molecule has 9 nitrogen and oxygen atoms in total. The Balaban J connectivity index is 1.54. The number of carbonyl (C=O) groups excluding carboxylic acids is 1. The van der Waals surface area contributed by atoms with Crippen LogP contribution in [-0.4, -0.2) is 56.6 Å². The number of nitrogens with one attached hydrogen (secondary N) is 1. The Kier molecular flexibility index (Phi) is 4.89. The predicted octanol–water partition coefficient (Wildman–Crippen LogP) is 4.36. The first kappa shape index (κ1) is 21.4. The number of aromatic amines is 1. The summed E-state index contributed by atoms with van der Waals surface area (Å²) in [6.45, 7) is 1.98. The number of benzene rings is 1. The van der Waals surface area contributed by atoms with Crippen molar-refractivity contribution in [3.63, 3.8) is 0 Å². The van der Waals surface area contributed by atoms with E-state index in [0.29, 0.717) is 33.4 Å². The van der Waals surface area contributed by atoms with Gasteiger partial charge in [0.05, 0.1) is 36.1 Å². The molecule has 0 saturated carbocycles. The maximum Gasteiger partial charge on any atom is 0.263 e. The van der Waals surface area contributed by atoms with Crippen molar-refractivity contribution >= 4 is 23.2 Å². The number of hydrogen-bond acceptors (Lipinski definition) is 6. The maximum absolute atomic E-state index is 14.1. The van der Waals surface area contributed by atoms with Crippen molar-refractivity contribution in [3.8, 4) is 17.1 Å². The summed E-state index contributed by atoms with van der Waals surface area (Å²) in [4.78, 5) is 20.2. The number of halogens is 1. The van der Waals surface area contributed by atoms with E-state index >= 15 is 0 Å². The lowest BCUT2D eigenvalue weighted by molar-refractivity contribution is -0.570. The lowest BCUT2D eigenvalue weighted by atomic mass is 9.95. The van der Waals surface area contributed by atoms with Gasteiger partial charge in [0.2, 0.25) is 17.6 Å². The molecule has 1 N–H and O–H groups in total. The quantitative estimate of drug-likeness (QED) is 0.554. The fourth-order valence-electron chi connectivity index (χ4n) is 4.86. The van der Waals surface area contributed by atoms with Crippen LogP contribution in [0.3, 0.4) is 0 Å². The van der Waals surface area contributed by atoms with E-state index in [4.69, 9.17) is 16.3 Å². The molecule has 6 rings (SSSR count). The minimum atomic E-state index is -0.420. The molecule has 0 radical (unpaired) electrons. The molecule has 35 heavy (non-hydrogen) atoms. The summed E-state index contributed by atoms with van der Waals surface area (Å²) in [5, 5.41) is 16.8. The molecule has 2 atom stereocenters. The van der Waals surface area contributed by atoms with Crippen LogP contribution in [0.15, 0.2) is 76.3 Å². The Morgan fingerprint density at radius 1 is 1.20 bits per heavy atom. The minimum Gasteiger partial charge on any atom is -0.481 e. The van der Waals surface area contributed by atoms with Gasteiger partial charge in [-0.2, -0.15) is 9.80 Å². The second-order valence-electron chi connectivity index (χ2n) is 8.56. The second-order valence-corrected chi connectivity index (χ2v) is 9.00. The number of ether oxygens (including phenoxy) is 1. The Bertz CT molecular complexity index is 1500. The zero-order valence-corrected chi connectivity index (χ0v) is 20.0. The summed E-state index contributed by atoms with van der Waals surface area (Å²) in [5.74, 6) is 0.238. The largest absolute Gasteiger partial charge is 0.481 e. The SMILES string of the molecule is COc1ncccc1-c1n[nH]c2c1C(=O)N(C1=CC3C(=NN=[N+]3C)C(C)=C1)C2c1ccc(Cl)cc1. The van der Waals surface area contributed by atoms with Crippen molar-refractivity contribution in [2.75, 3.05) is 14.2 Å². The molecule has 1 aromatic carbocycles. The van der Waals surface area contributed by atoms with Crippen LogP contribution in [0, 0.1) is 0 Å². The lowest BCUT2D eigenvalue weighted by Crippen LogP contribution is -2.35. The third kappa shape index (κ3) is 3.23. The van der Waals surface area contributed by atoms with Gasteiger partial charge in [-0.3, -0.25) is 14.8 Å². The third-order valence-corrected chi connectivity index (χ3v) is 6.77. The van der Waals surface area contributed by atoms with Crippen molar-refractivity contribution in [1.29, 1.82) is 0 Å². The van der Waals surface area contributed by atoms with Gasteiger partial charge in [-0.05, 0) is 48.9 Å². The average molecular weight is 487 g/mol.